The molecule has 0 spiro atoms. The second kappa shape index (κ2) is 12.4. The molecular weight excluding hydrogens is 352 g/mol. The molecule has 0 heterocycles. The van der Waals surface area contributed by atoms with E-state index >= 15 is 0 Å². The van der Waals surface area contributed by atoms with Crippen LogP contribution in [-0.4, -0.2) is 63.2 Å². The Morgan fingerprint density at radius 1 is 1.25 bits per heavy atom. The average Bonchev–Trinajstić information content (AvgIpc) is 3.20. The predicted molar refractivity (Wildman–Crippen MR) is 115 cm³/mol. The first-order valence-corrected chi connectivity index (χ1v) is 10.5. The first-order chi connectivity index (χ1) is 13.6. The smallest absolute Gasteiger partial charge is 0.253 e. The normalized spacial score (nSPS) is 14.9. The minimum absolute atomic E-state index is 0.0320. The lowest BCUT2D eigenvalue weighted by atomic mass is 10.1. The van der Waals surface area contributed by atoms with Crippen molar-refractivity contribution in [1.82, 2.24) is 15.5 Å². The Balaban J connectivity index is 1.73. The van der Waals surface area contributed by atoms with Gasteiger partial charge in [-0.05, 0) is 50.3 Å². The number of nitrogens with one attached hydrogen (secondary N) is 2. The minimum Gasteiger partial charge on any atom is -0.378 e. The van der Waals surface area contributed by atoms with Crippen LogP contribution in [0.15, 0.2) is 29.3 Å². The third-order valence-electron chi connectivity index (χ3n) is 4.86. The summed E-state index contributed by atoms with van der Waals surface area (Å²) in [4.78, 5) is 18.3. The maximum Gasteiger partial charge on any atom is 0.253 e. The lowest BCUT2D eigenvalue weighted by Gasteiger charge is -2.13. The molecule has 6 nitrogen and oxygen atoms in total. The van der Waals surface area contributed by atoms with Crippen molar-refractivity contribution in [2.24, 2.45) is 4.99 Å². The molecule has 156 valence electrons. The number of guanidine groups is 1. The molecule has 0 unspecified atom stereocenters. The highest BCUT2D eigenvalue weighted by atomic mass is 16.5. The molecular formula is C22H36N4O2. The lowest BCUT2D eigenvalue weighted by Crippen LogP contribution is -2.38. The quantitative estimate of drug-likeness (QED) is 0.367. The number of amides is 1. The number of benzene rings is 1. The SMILES string of the molecule is CCNC(=NCCCOC1CCCC1)NCCc1cccc(C(=O)N(C)C)c1. The summed E-state index contributed by atoms with van der Waals surface area (Å²) in [7, 11) is 3.54. The van der Waals surface area contributed by atoms with Gasteiger partial charge in [0.25, 0.3) is 5.91 Å². The van der Waals surface area contributed by atoms with Gasteiger partial charge in [-0.1, -0.05) is 25.0 Å². The Hall–Kier alpha value is -2.08. The first-order valence-electron chi connectivity index (χ1n) is 10.5. The second-order valence-corrected chi connectivity index (χ2v) is 7.47. The number of rotatable bonds is 10. The van der Waals surface area contributed by atoms with Crippen molar-refractivity contribution < 1.29 is 9.53 Å². The zero-order valence-electron chi connectivity index (χ0n) is 17.7. The molecule has 0 radical (unpaired) electrons. The van der Waals surface area contributed by atoms with Crippen LogP contribution in [0, 0.1) is 0 Å². The van der Waals surface area contributed by atoms with E-state index in [0.717, 1.165) is 56.2 Å². The van der Waals surface area contributed by atoms with Gasteiger partial charge in [-0.2, -0.15) is 0 Å². The highest BCUT2D eigenvalue weighted by Crippen LogP contribution is 2.20. The minimum atomic E-state index is 0.0320. The van der Waals surface area contributed by atoms with E-state index in [4.69, 9.17) is 4.74 Å². The van der Waals surface area contributed by atoms with Crippen molar-refractivity contribution in [3.05, 3.63) is 35.4 Å². The first kappa shape index (κ1) is 22.2. The van der Waals surface area contributed by atoms with Crippen LogP contribution >= 0.6 is 0 Å². The molecule has 0 bridgehead atoms. The van der Waals surface area contributed by atoms with Crippen molar-refractivity contribution in [3.8, 4) is 0 Å². The predicted octanol–water partition coefficient (Wildman–Crippen LogP) is 2.84. The Kier molecular flexibility index (Phi) is 9.83. The summed E-state index contributed by atoms with van der Waals surface area (Å²) in [6, 6.07) is 7.82. The van der Waals surface area contributed by atoms with E-state index in [-0.39, 0.29) is 5.91 Å². The van der Waals surface area contributed by atoms with Gasteiger partial charge in [0.2, 0.25) is 0 Å². The number of nitrogens with zero attached hydrogens (tertiary/aromatic N) is 2. The summed E-state index contributed by atoms with van der Waals surface area (Å²) in [5.74, 6) is 0.869. The molecule has 1 amide bonds. The van der Waals surface area contributed by atoms with Gasteiger partial charge >= 0.3 is 0 Å². The summed E-state index contributed by atoms with van der Waals surface area (Å²) >= 11 is 0. The molecule has 0 atom stereocenters. The number of hydrogen-bond acceptors (Lipinski definition) is 3. The van der Waals surface area contributed by atoms with Gasteiger partial charge in [-0.15, -0.1) is 0 Å². The van der Waals surface area contributed by atoms with E-state index in [1.807, 2.05) is 18.2 Å². The van der Waals surface area contributed by atoms with Gasteiger partial charge in [0.1, 0.15) is 0 Å². The van der Waals surface area contributed by atoms with Crippen LogP contribution in [0.5, 0.6) is 0 Å². The van der Waals surface area contributed by atoms with E-state index in [1.165, 1.54) is 25.7 Å². The number of hydrogen-bond donors (Lipinski definition) is 2. The standard InChI is InChI=1S/C22H36N4O2/c1-4-23-22(24-14-8-16-28-20-11-5-6-12-20)25-15-13-18-9-7-10-19(17-18)21(27)26(2)3/h7,9-10,17,20H,4-6,8,11-16H2,1-3H3,(H2,23,24,25). The third-order valence-corrected chi connectivity index (χ3v) is 4.86. The van der Waals surface area contributed by atoms with Gasteiger partial charge in [0.05, 0.1) is 6.10 Å². The topological polar surface area (TPSA) is 66.0 Å². The van der Waals surface area contributed by atoms with Crippen LogP contribution < -0.4 is 10.6 Å². The van der Waals surface area contributed by atoms with Crippen LogP contribution in [0.4, 0.5) is 0 Å². The van der Waals surface area contributed by atoms with E-state index in [2.05, 4.69) is 28.6 Å². The molecule has 1 saturated carbocycles. The summed E-state index contributed by atoms with van der Waals surface area (Å²) < 4.78 is 5.89. The molecule has 1 aliphatic rings. The van der Waals surface area contributed by atoms with Crippen molar-refractivity contribution in [3.63, 3.8) is 0 Å². The molecule has 0 aromatic heterocycles. The molecule has 0 saturated heterocycles. The molecule has 1 aromatic carbocycles. The van der Waals surface area contributed by atoms with Gasteiger partial charge in [0.15, 0.2) is 5.96 Å². The Bertz CT molecular complexity index is 625. The largest absolute Gasteiger partial charge is 0.378 e. The Morgan fingerprint density at radius 3 is 2.75 bits per heavy atom. The zero-order valence-corrected chi connectivity index (χ0v) is 17.7. The van der Waals surface area contributed by atoms with E-state index in [1.54, 1.807) is 19.0 Å². The van der Waals surface area contributed by atoms with E-state index in [0.29, 0.717) is 6.10 Å². The van der Waals surface area contributed by atoms with Crippen molar-refractivity contribution >= 4 is 11.9 Å². The van der Waals surface area contributed by atoms with Crippen molar-refractivity contribution in [2.45, 2.75) is 51.6 Å². The fraction of sp³-hybridized carbons (Fsp3) is 0.636. The highest BCUT2D eigenvalue weighted by molar-refractivity contribution is 5.94. The van der Waals surface area contributed by atoms with Gasteiger partial charge in [-0.25, -0.2) is 0 Å². The summed E-state index contributed by atoms with van der Waals surface area (Å²) in [5.41, 5.74) is 1.87. The molecule has 1 aromatic rings. The molecule has 6 heteroatoms. The molecule has 2 N–H and O–H groups in total. The third kappa shape index (κ3) is 7.89. The maximum atomic E-state index is 12.1. The average molecular weight is 389 g/mol. The van der Waals surface area contributed by atoms with Gasteiger partial charge < -0.3 is 20.3 Å². The van der Waals surface area contributed by atoms with Crippen LogP contribution in [0.3, 0.4) is 0 Å². The fourth-order valence-electron chi connectivity index (χ4n) is 3.35. The van der Waals surface area contributed by atoms with Crippen molar-refractivity contribution in [2.75, 3.05) is 40.3 Å². The number of carbonyl (C=O) groups excluding carboxylic acids is 1. The molecule has 1 aliphatic carbocycles. The van der Waals surface area contributed by atoms with Crippen LogP contribution in [0.1, 0.15) is 54.9 Å². The van der Waals surface area contributed by atoms with Gasteiger partial charge in [-0.3, -0.25) is 9.79 Å². The molecule has 0 aliphatic heterocycles. The molecule has 1 fully saturated rings. The van der Waals surface area contributed by atoms with E-state index < -0.39 is 0 Å². The molecule has 2 rings (SSSR count). The zero-order chi connectivity index (χ0) is 20.2. The molecule has 28 heavy (non-hydrogen) atoms. The summed E-state index contributed by atoms with van der Waals surface area (Å²) in [6.45, 7) is 5.22. The Labute approximate surface area is 169 Å². The summed E-state index contributed by atoms with van der Waals surface area (Å²) in [5, 5.41) is 6.66. The fourth-order valence-corrected chi connectivity index (χ4v) is 3.35. The highest BCUT2D eigenvalue weighted by Gasteiger charge is 2.14. The maximum absolute atomic E-state index is 12.1. The van der Waals surface area contributed by atoms with E-state index in [9.17, 15) is 4.79 Å². The van der Waals surface area contributed by atoms with Crippen LogP contribution in [0.2, 0.25) is 0 Å². The number of aliphatic imine (C=N–C) groups is 1. The summed E-state index contributed by atoms with van der Waals surface area (Å²) in [6.07, 6.45) is 7.31. The van der Waals surface area contributed by atoms with Crippen LogP contribution in [0.25, 0.3) is 0 Å². The van der Waals surface area contributed by atoms with Crippen molar-refractivity contribution in [1.29, 1.82) is 0 Å². The van der Waals surface area contributed by atoms with Gasteiger partial charge in [0, 0.05) is 45.9 Å². The lowest BCUT2D eigenvalue weighted by molar-refractivity contribution is 0.0579. The monoisotopic (exact) mass is 388 g/mol. The van der Waals surface area contributed by atoms with Crippen LogP contribution in [-0.2, 0) is 11.2 Å². The number of carbonyl (C=O) groups is 1. The Morgan fingerprint density at radius 2 is 2.04 bits per heavy atom. The second-order valence-electron chi connectivity index (χ2n) is 7.47. The number of ether oxygens (including phenoxy) is 1.